The number of alkyl halides is 6. The summed E-state index contributed by atoms with van der Waals surface area (Å²) in [6.07, 6.45) is -9.38. The Morgan fingerprint density at radius 1 is 1.18 bits per heavy atom. The van der Waals surface area contributed by atoms with Crippen LogP contribution < -0.4 is 4.74 Å². The molecule has 0 atom stereocenters. The number of pyridine rings is 1. The van der Waals surface area contributed by atoms with E-state index in [-0.39, 0.29) is 0 Å². The summed E-state index contributed by atoms with van der Waals surface area (Å²) in [6.45, 7) is 0. The predicted molar refractivity (Wildman–Crippen MR) is 56.3 cm³/mol. The first kappa shape index (κ1) is 14.8. The number of hydrogen-bond donors (Lipinski definition) is 0. The van der Waals surface area contributed by atoms with Gasteiger partial charge in [-0.15, -0.1) is 13.2 Å². The standard InChI is InChI=1S/C7HBrF6INO/c8-5-3(6(9,10)11)4(2(15)1-16-5)17-7(12,13)14/h1H. The van der Waals surface area contributed by atoms with Crippen LogP contribution in [0.25, 0.3) is 0 Å². The van der Waals surface area contributed by atoms with Gasteiger partial charge in [-0.05, 0) is 38.5 Å². The molecule has 0 aromatic carbocycles. The number of aromatic nitrogens is 1. The third-order valence-corrected chi connectivity index (χ3v) is 2.81. The fourth-order valence-corrected chi connectivity index (χ4v) is 1.94. The Labute approximate surface area is 113 Å². The lowest BCUT2D eigenvalue weighted by Gasteiger charge is -2.17. The molecule has 0 radical (unpaired) electrons. The van der Waals surface area contributed by atoms with Crippen molar-refractivity contribution in [3.05, 3.63) is 19.9 Å². The molecule has 1 aromatic rings. The van der Waals surface area contributed by atoms with Gasteiger partial charge in [0.2, 0.25) is 0 Å². The molecule has 0 bridgehead atoms. The molecule has 96 valence electrons. The van der Waals surface area contributed by atoms with Gasteiger partial charge in [-0.1, -0.05) is 0 Å². The summed E-state index contributed by atoms with van der Waals surface area (Å²) in [5.74, 6) is -1.31. The molecule has 0 aliphatic heterocycles. The maximum Gasteiger partial charge on any atom is 0.573 e. The molecule has 1 heterocycles. The number of halogens is 8. The summed E-state index contributed by atoms with van der Waals surface area (Å²) in [7, 11) is 0. The Kier molecular flexibility index (Phi) is 4.16. The van der Waals surface area contributed by atoms with Gasteiger partial charge in [0.05, 0.1) is 3.57 Å². The SMILES string of the molecule is FC(F)(F)Oc1c(I)cnc(Br)c1C(F)(F)F. The topological polar surface area (TPSA) is 22.1 Å². The van der Waals surface area contributed by atoms with E-state index in [1.165, 1.54) is 22.6 Å². The van der Waals surface area contributed by atoms with Gasteiger partial charge < -0.3 is 4.74 Å². The molecule has 2 nitrogen and oxygen atoms in total. The van der Waals surface area contributed by atoms with E-state index in [4.69, 9.17) is 0 Å². The lowest BCUT2D eigenvalue weighted by Crippen LogP contribution is -2.21. The molecule has 0 saturated carbocycles. The van der Waals surface area contributed by atoms with Crippen LogP contribution in [0.4, 0.5) is 26.3 Å². The van der Waals surface area contributed by atoms with Crippen molar-refractivity contribution < 1.29 is 31.1 Å². The van der Waals surface area contributed by atoms with Crippen LogP contribution in [0.3, 0.4) is 0 Å². The highest BCUT2D eigenvalue weighted by atomic mass is 127. The molecule has 10 heteroatoms. The second-order valence-corrected chi connectivity index (χ2v) is 4.56. The highest BCUT2D eigenvalue weighted by Gasteiger charge is 2.42. The van der Waals surface area contributed by atoms with Gasteiger partial charge >= 0.3 is 12.5 Å². The van der Waals surface area contributed by atoms with E-state index in [2.05, 4.69) is 25.7 Å². The van der Waals surface area contributed by atoms with Crippen molar-refractivity contribution in [1.29, 1.82) is 0 Å². The Balaban J connectivity index is 3.41. The van der Waals surface area contributed by atoms with Crippen molar-refractivity contribution in [3.8, 4) is 5.75 Å². The van der Waals surface area contributed by atoms with Gasteiger partial charge in [-0.2, -0.15) is 13.2 Å². The van der Waals surface area contributed by atoms with Crippen LogP contribution in [0, 0.1) is 3.57 Å². The molecule has 1 rings (SSSR count). The zero-order chi connectivity index (χ0) is 13.4. The van der Waals surface area contributed by atoms with Crippen molar-refractivity contribution in [2.45, 2.75) is 12.5 Å². The first-order valence-corrected chi connectivity index (χ1v) is 5.56. The smallest absolute Gasteiger partial charge is 0.404 e. The van der Waals surface area contributed by atoms with Gasteiger partial charge in [0.15, 0.2) is 5.75 Å². The van der Waals surface area contributed by atoms with Crippen LogP contribution in [0.15, 0.2) is 10.8 Å². The molecule has 17 heavy (non-hydrogen) atoms. The Bertz CT molecular complexity index is 432. The minimum atomic E-state index is -5.21. The summed E-state index contributed by atoms with van der Waals surface area (Å²) < 4.78 is 75.8. The lowest BCUT2D eigenvalue weighted by atomic mass is 10.2. The molecule has 0 saturated heterocycles. The maximum absolute atomic E-state index is 12.5. The van der Waals surface area contributed by atoms with Crippen LogP contribution >= 0.6 is 38.5 Å². The first-order chi connectivity index (χ1) is 7.52. The molecule has 0 N–H and O–H groups in total. The predicted octanol–water partition coefficient (Wildman–Crippen LogP) is 4.37. The van der Waals surface area contributed by atoms with E-state index in [0.717, 1.165) is 6.20 Å². The molecular weight excluding hydrogens is 435 g/mol. The monoisotopic (exact) mass is 435 g/mol. The average molecular weight is 436 g/mol. The summed E-state index contributed by atoms with van der Waals surface area (Å²) in [5.41, 5.74) is -1.60. The van der Waals surface area contributed by atoms with Crippen LogP contribution in [-0.4, -0.2) is 11.3 Å². The van der Waals surface area contributed by atoms with Crippen molar-refractivity contribution in [3.63, 3.8) is 0 Å². The molecule has 0 aliphatic carbocycles. The van der Waals surface area contributed by atoms with E-state index in [0.29, 0.717) is 0 Å². The summed E-state index contributed by atoms with van der Waals surface area (Å²) in [6, 6.07) is 0. The average Bonchev–Trinajstić information content (AvgIpc) is 2.06. The molecule has 0 spiro atoms. The number of hydrogen-bond acceptors (Lipinski definition) is 2. The fraction of sp³-hybridized carbons (Fsp3) is 0.286. The quantitative estimate of drug-likeness (QED) is 0.371. The third kappa shape index (κ3) is 3.86. The van der Waals surface area contributed by atoms with Crippen LogP contribution in [0.2, 0.25) is 0 Å². The zero-order valence-corrected chi connectivity index (χ0v) is 11.2. The molecule has 0 aliphatic rings. The van der Waals surface area contributed by atoms with Gasteiger partial charge in [0.25, 0.3) is 0 Å². The van der Waals surface area contributed by atoms with Crippen LogP contribution in [-0.2, 0) is 6.18 Å². The summed E-state index contributed by atoms with van der Waals surface area (Å²) >= 11 is 3.72. The largest absolute Gasteiger partial charge is 0.573 e. The normalized spacial score (nSPS) is 12.7. The molecule has 0 unspecified atom stereocenters. The summed E-state index contributed by atoms with van der Waals surface area (Å²) in [4.78, 5) is 3.28. The second kappa shape index (κ2) is 4.78. The minimum Gasteiger partial charge on any atom is -0.404 e. The fourth-order valence-electron chi connectivity index (χ4n) is 0.911. The van der Waals surface area contributed by atoms with Gasteiger partial charge in [-0.3, -0.25) is 0 Å². The molecule has 0 amide bonds. The van der Waals surface area contributed by atoms with Gasteiger partial charge in [0.1, 0.15) is 10.2 Å². The number of ether oxygens (including phenoxy) is 1. The zero-order valence-electron chi connectivity index (χ0n) is 7.46. The van der Waals surface area contributed by atoms with Crippen molar-refractivity contribution in [1.82, 2.24) is 4.98 Å². The van der Waals surface area contributed by atoms with E-state index in [9.17, 15) is 26.3 Å². The van der Waals surface area contributed by atoms with Crippen LogP contribution in [0.5, 0.6) is 5.75 Å². The first-order valence-electron chi connectivity index (χ1n) is 3.69. The second-order valence-electron chi connectivity index (χ2n) is 2.65. The van der Waals surface area contributed by atoms with Crippen LogP contribution in [0.1, 0.15) is 5.56 Å². The van der Waals surface area contributed by atoms with Crippen molar-refractivity contribution in [2.75, 3.05) is 0 Å². The Morgan fingerprint density at radius 2 is 1.71 bits per heavy atom. The van der Waals surface area contributed by atoms with Crippen molar-refractivity contribution in [2.24, 2.45) is 0 Å². The Hall–Kier alpha value is -0.260. The molecular formula is C7HBrF6INO. The molecule has 1 aromatic heterocycles. The van der Waals surface area contributed by atoms with Gasteiger partial charge in [0, 0.05) is 6.20 Å². The van der Waals surface area contributed by atoms with Gasteiger partial charge in [-0.25, -0.2) is 4.98 Å². The number of rotatable bonds is 1. The minimum absolute atomic E-state index is 0.393. The highest BCUT2D eigenvalue weighted by Crippen LogP contribution is 2.43. The maximum atomic E-state index is 12.5. The Morgan fingerprint density at radius 3 is 2.12 bits per heavy atom. The number of nitrogens with zero attached hydrogens (tertiary/aromatic N) is 1. The van der Waals surface area contributed by atoms with E-state index >= 15 is 0 Å². The van der Waals surface area contributed by atoms with E-state index < -0.39 is 32.0 Å². The van der Waals surface area contributed by atoms with Crippen molar-refractivity contribution >= 4 is 38.5 Å². The highest BCUT2D eigenvalue weighted by molar-refractivity contribution is 14.1. The molecule has 0 fully saturated rings. The lowest BCUT2D eigenvalue weighted by molar-refractivity contribution is -0.276. The van der Waals surface area contributed by atoms with E-state index in [1.54, 1.807) is 0 Å². The third-order valence-electron chi connectivity index (χ3n) is 1.44. The van der Waals surface area contributed by atoms with E-state index in [1.807, 2.05) is 0 Å². The summed E-state index contributed by atoms with van der Waals surface area (Å²) in [5, 5.41) is 0.